The summed E-state index contributed by atoms with van der Waals surface area (Å²) in [6.07, 6.45) is 6.79. The van der Waals surface area contributed by atoms with Crippen molar-refractivity contribution in [3.63, 3.8) is 0 Å². The Bertz CT molecular complexity index is 410. The van der Waals surface area contributed by atoms with Crippen molar-refractivity contribution in [3.05, 3.63) is 43.1 Å². The van der Waals surface area contributed by atoms with Gasteiger partial charge in [-0.1, -0.05) is 6.07 Å². The Morgan fingerprint density at radius 2 is 2.29 bits per heavy atom. The van der Waals surface area contributed by atoms with Crippen LogP contribution in [-0.4, -0.2) is 19.6 Å². The molecular formula is C9H8N4S. The van der Waals surface area contributed by atoms with Gasteiger partial charge in [-0.25, -0.2) is 9.97 Å². The number of anilines is 1. The summed E-state index contributed by atoms with van der Waals surface area (Å²) in [5.74, 6) is 0.728. The number of hydrogen-bond acceptors (Lipinski definition) is 3. The quantitative estimate of drug-likeness (QED) is 0.715. The molecule has 0 bridgehead atoms. The van der Waals surface area contributed by atoms with Gasteiger partial charge in [0.25, 0.3) is 0 Å². The Morgan fingerprint density at radius 1 is 1.36 bits per heavy atom. The topological polar surface area (TPSA) is 42.7 Å². The largest absolute Gasteiger partial charge is 0.317 e. The fourth-order valence-corrected chi connectivity index (χ4v) is 1.20. The van der Waals surface area contributed by atoms with E-state index in [-0.39, 0.29) is 0 Å². The predicted octanol–water partition coefficient (Wildman–Crippen LogP) is 1.52. The first-order valence-corrected chi connectivity index (χ1v) is 4.47. The van der Waals surface area contributed by atoms with E-state index in [1.807, 2.05) is 18.2 Å². The molecule has 70 valence electrons. The minimum absolute atomic E-state index is 0.557. The van der Waals surface area contributed by atoms with E-state index in [4.69, 9.17) is 12.2 Å². The highest BCUT2D eigenvalue weighted by molar-refractivity contribution is 7.80. The Hall–Kier alpha value is -1.75. The molecule has 2 heterocycles. The van der Waals surface area contributed by atoms with E-state index < -0.39 is 0 Å². The molecule has 5 heteroatoms. The molecule has 0 unspecified atom stereocenters. The van der Waals surface area contributed by atoms with Gasteiger partial charge in [0.1, 0.15) is 12.1 Å². The lowest BCUT2D eigenvalue weighted by Gasteiger charge is -2.06. The van der Waals surface area contributed by atoms with Crippen LogP contribution in [0.25, 0.3) is 0 Å². The van der Waals surface area contributed by atoms with Crippen LogP contribution in [0.1, 0.15) is 0 Å². The number of thiocarbonyl (C=S) groups is 1. The number of rotatable bonds is 1. The van der Waals surface area contributed by atoms with Crippen LogP contribution in [0.5, 0.6) is 0 Å². The Morgan fingerprint density at radius 3 is 2.93 bits per heavy atom. The monoisotopic (exact) mass is 204 g/mol. The highest BCUT2D eigenvalue weighted by Gasteiger charge is 1.98. The van der Waals surface area contributed by atoms with Gasteiger partial charge in [0, 0.05) is 18.6 Å². The third-order valence-electron chi connectivity index (χ3n) is 1.64. The van der Waals surface area contributed by atoms with Gasteiger partial charge in [0.15, 0.2) is 5.11 Å². The van der Waals surface area contributed by atoms with E-state index >= 15 is 0 Å². The molecule has 0 fully saturated rings. The first-order valence-electron chi connectivity index (χ1n) is 4.06. The van der Waals surface area contributed by atoms with Crippen LogP contribution in [0.4, 0.5) is 5.82 Å². The van der Waals surface area contributed by atoms with Crippen LogP contribution in [0.15, 0.2) is 43.1 Å². The van der Waals surface area contributed by atoms with Crippen molar-refractivity contribution in [3.8, 4) is 0 Å². The zero-order valence-electron chi connectivity index (χ0n) is 7.29. The molecule has 14 heavy (non-hydrogen) atoms. The molecule has 0 aliphatic carbocycles. The third kappa shape index (κ3) is 1.94. The molecule has 2 aromatic rings. The first kappa shape index (κ1) is 8.83. The summed E-state index contributed by atoms with van der Waals surface area (Å²) in [7, 11) is 0. The van der Waals surface area contributed by atoms with Crippen molar-refractivity contribution < 1.29 is 0 Å². The predicted molar refractivity (Wildman–Crippen MR) is 58.1 cm³/mol. The summed E-state index contributed by atoms with van der Waals surface area (Å²) in [6, 6.07) is 5.60. The van der Waals surface area contributed by atoms with Crippen LogP contribution >= 0.6 is 12.2 Å². The smallest absolute Gasteiger partial charge is 0.184 e. The van der Waals surface area contributed by atoms with Crippen molar-refractivity contribution in [1.29, 1.82) is 0 Å². The number of nitrogens with zero attached hydrogens (tertiary/aromatic N) is 3. The normalized spacial score (nSPS) is 9.71. The van der Waals surface area contributed by atoms with Gasteiger partial charge in [0.2, 0.25) is 0 Å². The summed E-state index contributed by atoms with van der Waals surface area (Å²) in [6.45, 7) is 0. The number of aromatic nitrogens is 3. The first-order chi connectivity index (χ1) is 6.86. The zero-order valence-corrected chi connectivity index (χ0v) is 8.11. The second kappa shape index (κ2) is 3.97. The summed E-state index contributed by atoms with van der Waals surface area (Å²) in [5.41, 5.74) is 0. The zero-order chi connectivity index (χ0) is 9.80. The maximum Gasteiger partial charge on any atom is 0.184 e. The van der Waals surface area contributed by atoms with Gasteiger partial charge in [-0.05, 0) is 24.4 Å². The average Bonchev–Trinajstić information content (AvgIpc) is 2.72. The lowest BCUT2D eigenvalue weighted by Crippen LogP contribution is -2.17. The van der Waals surface area contributed by atoms with Crippen LogP contribution in [0, 0.1) is 0 Å². The molecule has 0 atom stereocenters. The lowest BCUT2D eigenvalue weighted by atomic mass is 10.5. The molecule has 2 aromatic heterocycles. The molecule has 0 spiro atoms. The van der Waals surface area contributed by atoms with Gasteiger partial charge in [-0.2, -0.15) is 0 Å². The van der Waals surface area contributed by atoms with E-state index in [0.717, 1.165) is 5.82 Å². The fraction of sp³-hybridized carbons (Fsp3) is 0. The van der Waals surface area contributed by atoms with Crippen molar-refractivity contribution in [2.45, 2.75) is 0 Å². The van der Waals surface area contributed by atoms with Gasteiger partial charge in [-0.15, -0.1) is 0 Å². The van der Waals surface area contributed by atoms with Gasteiger partial charge in [-0.3, -0.25) is 4.57 Å². The highest BCUT2D eigenvalue weighted by atomic mass is 32.1. The third-order valence-corrected chi connectivity index (χ3v) is 1.95. The molecule has 0 aliphatic rings. The second-order valence-corrected chi connectivity index (χ2v) is 3.00. The summed E-state index contributed by atoms with van der Waals surface area (Å²) in [5, 5.41) is 3.54. The summed E-state index contributed by atoms with van der Waals surface area (Å²) < 4.78 is 1.71. The average molecular weight is 204 g/mol. The van der Waals surface area contributed by atoms with E-state index in [0.29, 0.717) is 5.11 Å². The minimum Gasteiger partial charge on any atom is -0.317 e. The molecule has 0 saturated heterocycles. The van der Waals surface area contributed by atoms with E-state index in [9.17, 15) is 0 Å². The van der Waals surface area contributed by atoms with Crippen LogP contribution < -0.4 is 5.32 Å². The van der Waals surface area contributed by atoms with Crippen LogP contribution in [0.2, 0.25) is 0 Å². The number of imidazole rings is 1. The lowest BCUT2D eigenvalue weighted by molar-refractivity contribution is 1.14. The Labute approximate surface area is 86.6 Å². The van der Waals surface area contributed by atoms with Crippen molar-refractivity contribution in [1.82, 2.24) is 14.5 Å². The fourth-order valence-electron chi connectivity index (χ4n) is 0.990. The number of nitrogens with one attached hydrogen (secondary N) is 1. The maximum atomic E-state index is 5.13. The molecule has 1 N–H and O–H groups in total. The number of pyridine rings is 1. The summed E-state index contributed by atoms with van der Waals surface area (Å²) >= 11 is 5.13. The maximum absolute atomic E-state index is 5.13. The van der Waals surface area contributed by atoms with Crippen molar-refractivity contribution >= 4 is 23.1 Å². The highest BCUT2D eigenvalue weighted by Crippen LogP contribution is 2.00. The molecule has 0 radical (unpaired) electrons. The van der Waals surface area contributed by atoms with E-state index in [2.05, 4.69) is 15.3 Å². The Kier molecular flexibility index (Phi) is 2.51. The number of hydrogen-bond donors (Lipinski definition) is 1. The van der Waals surface area contributed by atoms with E-state index in [1.54, 1.807) is 29.5 Å². The van der Waals surface area contributed by atoms with Gasteiger partial charge < -0.3 is 5.32 Å². The van der Waals surface area contributed by atoms with Crippen LogP contribution in [-0.2, 0) is 0 Å². The van der Waals surface area contributed by atoms with Gasteiger partial charge >= 0.3 is 0 Å². The molecule has 0 saturated carbocycles. The van der Waals surface area contributed by atoms with Crippen LogP contribution in [0.3, 0.4) is 0 Å². The molecule has 0 amide bonds. The molecule has 0 aromatic carbocycles. The molecule has 0 aliphatic heterocycles. The van der Waals surface area contributed by atoms with Crippen molar-refractivity contribution in [2.24, 2.45) is 0 Å². The van der Waals surface area contributed by atoms with Gasteiger partial charge in [0.05, 0.1) is 0 Å². The SMILES string of the molecule is S=C(Nc1ccccn1)n1ccnc1. The molecular weight excluding hydrogens is 196 g/mol. The van der Waals surface area contributed by atoms with Crippen molar-refractivity contribution in [2.75, 3.05) is 5.32 Å². The second-order valence-electron chi connectivity index (χ2n) is 2.62. The minimum atomic E-state index is 0.557. The molecule has 2 rings (SSSR count). The standard InChI is InChI=1S/C9H8N4S/c14-9(13-6-5-10-7-13)12-8-3-1-2-4-11-8/h1-7H,(H,11,12,14). The Balaban J connectivity index is 2.10. The molecule has 4 nitrogen and oxygen atoms in total. The summed E-state index contributed by atoms with van der Waals surface area (Å²) in [4.78, 5) is 8.00. The van der Waals surface area contributed by atoms with E-state index in [1.165, 1.54) is 0 Å².